The van der Waals surface area contributed by atoms with Crippen LogP contribution in [0.25, 0.3) is 0 Å². The van der Waals surface area contributed by atoms with Crippen molar-refractivity contribution in [1.82, 2.24) is 10.6 Å². The summed E-state index contributed by atoms with van der Waals surface area (Å²) >= 11 is 0. The number of rotatable bonds is 8. The number of aryl methyl sites for hydroxylation is 1. The monoisotopic (exact) mass is 250 g/mol. The van der Waals surface area contributed by atoms with Gasteiger partial charge in [0.15, 0.2) is 0 Å². The maximum Gasteiger partial charge on any atom is 0.207 e. The Kier molecular flexibility index (Phi) is 11.2. The molecule has 0 atom stereocenters. The van der Waals surface area contributed by atoms with E-state index in [4.69, 9.17) is 0 Å². The fraction of sp³-hybridized carbons (Fsp3) is 0.533. The van der Waals surface area contributed by atoms with Gasteiger partial charge in [-0.2, -0.15) is 0 Å². The number of carbonyl (C=O) groups excluding carboxylic acids is 1. The lowest BCUT2D eigenvalue weighted by atomic mass is 10.1. The van der Waals surface area contributed by atoms with Crippen LogP contribution in [-0.4, -0.2) is 26.0 Å². The van der Waals surface area contributed by atoms with Gasteiger partial charge in [0.25, 0.3) is 0 Å². The molecule has 0 bridgehead atoms. The fourth-order valence-electron chi connectivity index (χ4n) is 1.58. The van der Waals surface area contributed by atoms with E-state index in [9.17, 15) is 4.79 Å². The maximum absolute atomic E-state index is 9.99. The van der Waals surface area contributed by atoms with Gasteiger partial charge in [0.1, 0.15) is 0 Å². The smallest absolute Gasteiger partial charge is 0.207 e. The van der Waals surface area contributed by atoms with Crippen molar-refractivity contribution in [2.45, 2.75) is 33.6 Å². The average molecular weight is 250 g/mol. The third-order valence-electron chi connectivity index (χ3n) is 2.52. The van der Waals surface area contributed by atoms with Crippen LogP contribution < -0.4 is 10.6 Å². The molecule has 0 saturated carbocycles. The Morgan fingerprint density at radius 1 is 1.11 bits per heavy atom. The lowest BCUT2D eigenvalue weighted by Gasteiger charge is -2.05. The second-order valence-electron chi connectivity index (χ2n) is 3.75. The van der Waals surface area contributed by atoms with Crippen LogP contribution in [0.5, 0.6) is 0 Å². The van der Waals surface area contributed by atoms with Crippen molar-refractivity contribution >= 4 is 6.41 Å². The van der Waals surface area contributed by atoms with E-state index >= 15 is 0 Å². The summed E-state index contributed by atoms with van der Waals surface area (Å²) in [5, 5.41) is 5.91. The molecule has 0 aromatic heterocycles. The van der Waals surface area contributed by atoms with Crippen molar-refractivity contribution in [3.63, 3.8) is 0 Å². The normalized spacial score (nSPS) is 9.28. The van der Waals surface area contributed by atoms with Crippen molar-refractivity contribution < 1.29 is 4.79 Å². The van der Waals surface area contributed by atoms with E-state index < -0.39 is 0 Å². The molecule has 0 aliphatic heterocycles. The molecule has 0 spiro atoms. The van der Waals surface area contributed by atoms with Crippen LogP contribution >= 0.6 is 0 Å². The van der Waals surface area contributed by atoms with Gasteiger partial charge in [0, 0.05) is 13.1 Å². The Morgan fingerprint density at radius 2 is 1.83 bits per heavy atom. The number of hydrogen-bond donors (Lipinski definition) is 2. The molecule has 0 saturated heterocycles. The van der Waals surface area contributed by atoms with Crippen LogP contribution in [0, 0.1) is 0 Å². The summed E-state index contributed by atoms with van der Waals surface area (Å²) < 4.78 is 0. The Hall–Kier alpha value is -1.35. The fourth-order valence-corrected chi connectivity index (χ4v) is 1.58. The molecule has 18 heavy (non-hydrogen) atoms. The molecule has 1 amide bonds. The lowest BCUT2D eigenvalue weighted by Crippen LogP contribution is -2.27. The molecule has 3 heteroatoms. The average Bonchev–Trinajstić information content (AvgIpc) is 2.45. The first-order valence-corrected chi connectivity index (χ1v) is 6.82. The Balaban J connectivity index is 0.00000137. The van der Waals surface area contributed by atoms with Crippen LogP contribution in [0.4, 0.5) is 0 Å². The Morgan fingerprint density at radius 3 is 2.50 bits per heavy atom. The number of carbonyl (C=O) groups is 1. The first kappa shape index (κ1) is 16.6. The van der Waals surface area contributed by atoms with Crippen molar-refractivity contribution in [2.75, 3.05) is 19.6 Å². The predicted molar refractivity (Wildman–Crippen MR) is 77.8 cm³/mol. The van der Waals surface area contributed by atoms with E-state index in [0.29, 0.717) is 6.54 Å². The van der Waals surface area contributed by atoms with Crippen molar-refractivity contribution in [3.05, 3.63) is 35.4 Å². The molecule has 1 aromatic rings. The standard InChI is InChI=1S/C13H20N2O.C2H6/c1-2-12-4-3-5-13(10-12)6-7-14-8-9-15-11-16;1-2/h3-5,10-11,14H,2,6-9H2,1H3,(H,15,16);1-2H3. The Bertz CT molecular complexity index is 313. The summed E-state index contributed by atoms with van der Waals surface area (Å²) in [6.07, 6.45) is 2.85. The highest BCUT2D eigenvalue weighted by atomic mass is 16.1. The van der Waals surface area contributed by atoms with E-state index in [-0.39, 0.29) is 0 Å². The zero-order valence-electron chi connectivity index (χ0n) is 11.8. The van der Waals surface area contributed by atoms with Crippen LogP contribution in [0.15, 0.2) is 24.3 Å². The van der Waals surface area contributed by atoms with Gasteiger partial charge in [0.2, 0.25) is 6.41 Å². The van der Waals surface area contributed by atoms with Crippen molar-refractivity contribution in [3.8, 4) is 0 Å². The zero-order valence-corrected chi connectivity index (χ0v) is 11.8. The maximum atomic E-state index is 9.99. The molecule has 3 nitrogen and oxygen atoms in total. The van der Waals surface area contributed by atoms with E-state index in [1.165, 1.54) is 11.1 Å². The van der Waals surface area contributed by atoms with Gasteiger partial charge in [-0.3, -0.25) is 4.79 Å². The lowest BCUT2D eigenvalue weighted by molar-refractivity contribution is -0.109. The van der Waals surface area contributed by atoms with Crippen molar-refractivity contribution in [2.24, 2.45) is 0 Å². The predicted octanol–water partition coefficient (Wildman–Crippen LogP) is 2.15. The van der Waals surface area contributed by atoms with E-state index in [1.54, 1.807) is 0 Å². The number of amides is 1. The molecular weight excluding hydrogens is 224 g/mol. The number of hydrogen-bond acceptors (Lipinski definition) is 2. The van der Waals surface area contributed by atoms with Gasteiger partial charge in [-0.1, -0.05) is 45.0 Å². The highest BCUT2D eigenvalue weighted by Gasteiger charge is 1.94. The Labute approximate surface area is 111 Å². The second kappa shape index (κ2) is 12.1. The molecule has 102 valence electrons. The second-order valence-corrected chi connectivity index (χ2v) is 3.75. The van der Waals surface area contributed by atoms with Crippen LogP contribution in [0.3, 0.4) is 0 Å². The molecule has 2 N–H and O–H groups in total. The van der Waals surface area contributed by atoms with Gasteiger partial charge >= 0.3 is 0 Å². The third kappa shape index (κ3) is 7.85. The van der Waals surface area contributed by atoms with E-state index in [0.717, 1.165) is 32.3 Å². The molecule has 0 radical (unpaired) electrons. The molecular formula is C15H26N2O. The molecule has 0 heterocycles. The number of benzene rings is 1. The van der Waals surface area contributed by atoms with E-state index in [1.807, 2.05) is 13.8 Å². The van der Waals surface area contributed by atoms with Gasteiger partial charge in [-0.15, -0.1) is 0 Å². The molecule has 0 fully saturated rings. The minimum Gasteiger partial charge on any atom is -0.357 e. The minimum atomic E-state index is 0.693. The van der Waals surface area contributed by atoms with Crippen LogP contribution in [-0.2, 0) is 17.6 Å². The first-order chi connectivity index (χ1) is 8.86. The molecule has 1 rings (SSSR count). The van der Waals surface area contributed by atoms with Gasteiger partial charge < -0.3 is 10.6 Å². The summed E-state index contributed by atoms with van der Waals surface area (Å²) in [6, 6.07) is 8.68. The van der Waals surface area contributed by atoms with Crippen molar-refractivity contribution in [1.29, 1.82) is 0 Å². The van der Waals surface area contributed by atoms with E-state index in [2.05, 4.69) is 41.8 Å². The summed E-state index contributed by atoms with van der Waals surface area (Å²) in [7, 11) is 0. The molecule has 0 unspecified atom stereocenters. The molecule has 0 aliphatic carbocycles. The van der Waals surface area contributed by atoms with Crippen LogP contribution in [0.2, 0.25) is 0 Å². The highest BCUT2D eigenvalue weighted by Crippen LogP contribution is 2.05. The summed E-state index contributed by atoms with van der Waals surface area (Å²) in [5.74, 6) is 0. The topological polar surface area (TPSA) is 41.1 Å². The van der Waals surface area contributed by atoms with Crippen LogP contribution in [0.1, 0.15) is 31.9 Å². The van der Waals surface area contributed by atoms with Gasteiger partial charge in [0.05, 0.1) is 0 Å². The van der Waals surface area contributed by atoms with Gasteiger partial charge in [-0.25, -0.2) is 0 Å². The number of nitrogens with one attached hydrogen (secondary N) is 2. The molecule has 1 aromatic carbocycles. The zero-order chi connectivity index (χ0) is 13.6. The minimum absolute atomic E-state index is 0.693. The molecule has 0 aliphatic rings. The largest absolute Gasteiger partial charge is 0.357 e. The summed E-state index contributed by atoms with van der Waals surface area (Å²) in [6.45, 7) is 8.64. The first-order valence-electron chi connectivity index (χ1n) is 6.82. The SMILES string of the molecule is CC.CCc1cccc(CCNCCNC=O)c1. The van der Waals surface area contributed by atoms with Gasteiger partial charge in [-0.05, 0) is 30.5 Å². The summed E-state index contributed by atoms with van der Waals surface area (Å²) in [4.78, 5) is 9.99. The third-order valence-corrected chi connectivity index (χ3v) is 2.52. The highest BCUT2D eigenvalue weighted by molar-refractivity contribution is 5.45. The summed E-state index contributed by atoms with van der Waals surface area (Å²) in [5.41, 5.74) is 2.76. The quantitative estimate of drug-likeness (QED) is 0.548.